The van der Waals surface area contributed by atoms with E-state index in [2.05, 4.69) is 24.4 Å². The molecule has 1 N–H and O–H groups in total. The highest BCUT2D eigenvalue weighted by Crippen LogP contribution is 2.60. The fourth-order valence-electron chi connectivity index (χ4n) is 6.00. The van der Waals surface area contributed by atoms with Crippen molar-refractivity contribution in [1.29, 1.82) is 0 Å². The zero-order chi connectivity index (χ0) is 17.0. The molecule has 0 saturated heterocycles. The Morgan fingerprint density at radius 3 is 2.36 bits per heavy atom. The number of benzene rings is 1. The predicted molar refractivity (Wildman–Crippen MR) is 98.1 cm³/mol. The van der Waals surface area contributed by atoms with E-state index >= 15 is 0 Å². The molecule has 0 spiro atoms. The molecule has 2 aromatic rings. The Labute approximate surface area is 148 Å². The first-order valence-corrected chi connectivity index (χ1v) is 9.57. The second-order valence-electron chi connectivity index (χ2n) is 8.66. The second-order valence-corrected chi connectivity index (χ2v) is 8.66. The SMILES string of the molecule is Cc1ccc(-c2ccco2)cc1NC(=O)C12CC3CC(CC(C3)C1)C2. The lowest BCUT2D eigenvalue weighted by atomic mass is 9.49. The first kappa shape index (κ1) is 15.2. The number of hydrogen-bond acceptors (Lipinski definition) is 2. The Morgan fingerprint density at radius 2 is 1.76 bits per heavy atom. The number of rotatable bonds is 3. The van der Waals surface area contributed by atoms with E-state index in [4.69, 9.17) is 4.42 Å². The zero-order valence-corrected chi connectivity index (χ0v) is 14.8. The third-order valence-corrected chi connectivity index (χ3v) is 6.81. The molecule has 4 fully saturated rings. The molecule has 4 saturated carbocycles. The number of furan rings is 1. The van der Waals surface area contributed by atoms with Gasteiger partial charge < -0.3 is 9.73 Å². The molecule has 4 aliphatic carbocycles. The summed E-state index contributed by atoms with van der Waals surface area (Å²) >= 11 is 0. The van der Waals surface area contributed by atoms with Crippen LogP contribution in [-0.2, 0) is 4.79 Å². The Morgan fingerprint density at radius 1 is 1.08 bits per heavy atom. The zero-order valence-electron chi connectivity index (χ0n) is 14.8. The van der Waals surface area contributed by atoms with Gasteiger partial charge in [0.1, 0.15) is 5.76 Å². The summed E-state index contributed by atoms with van der Waals surface area (Å²) in [6.45, 7) is 2.06. The summed E-state index contributed by atoms with van der Waals surface area (Å²) in [6.07, 6.45) is 9.06. The average molecular weight is 335 g/mol. The van der Waals surface area contributed by atoms with Crippen molar-refractivity contribution < 1.29 is 9.21 Å². The van der Waals surface area contributed by atoms with E-state index in [1.807, 2.05) is 18.2 Å². The molecule has 6 rings (SSSR count). The third kappa shape index (κ3) is 2.52. The lowest BCUT2D eigenvalue weighted by Gasteiger charge is -2.55. The van der Waals surface area contributed by atoms with Crippen LogP contribution in [0.2, 0.25) is 0 Å². The van der Waals surface area contributed by atoms with Crippen molar-refractivity contribution in [2.45, 2.75) is 45.4 Å². The fraction of sp³-hybridized carbons (Fsp3) is 0.500. The smallest absolute Gasteiger partial charge is 0.230 e. The summed E-state index contributed by atoms with van der Waals surface area (Å²) in [5, 5.41) is 3.29. The van der Waals surface area contributed by atoms with Gasteiger partial charge in [0, 0.05) is 11.3 Å². The van der Waals surface area contributed by atoms with Crippen molar-refractivity contribution in [3.63, 3.8) is 0 Å². The first-order valence-electron chi connectivity index (χ1n) is 9.57. The van der Waals surface area contributed by atoms with Gasteiger partial charge >= 0.3 is 0 Å². The number of nitrogens with one attached hydrogen (secondary N) is 1. The Bertz CT molecular complexity index is 770. The molecule has 3 heteroatoms. The van der Waals surface area contributed by atoms with Crippen LogP contribution < -0.4 is 5.32 Å². The number of amides is 1. The monoisotopic (exact) mass is 335 g/mol. The van der Waals surface area contributed by atoms with Crippen molar-refractivity contribution in [1.82, 2.24) is 0 Å². The summed E-state index contributed by atoms with van der Waals surface area (Å²) in [5.41, 5.74) is 2.93. The van der Waals surface area contributed by atoms with Crippen molar-refractivity contribution in [2.75, 3.05) is 5.32 Å². The summed E-state index contributed by atoms with van der Waals surface area (Å²) in [5.74, 6) is 3.45. The minimum Gasteiger partial charge on any atom is -0.464 e. The van der Waals surface area contributed by atoms with Crippen LogP contribution in [0.15, 0.2) is 41.0 Å². The number of carbonyl (C=O) groups is 1. The van der Waals surface area contributed by atoms with Gasteiger partial charge in [0.05, 0.1) is 11.7 Å². The van der Waals surface area contributed by atoms with Crippen LogP contribution in [0.1, 0.15) is 44.1 Å². The summed E-state index contributed by atoms with van der Waals surface area (Å²) in [6, 6.07) is 10.0. The molecule has 4 aliphatic rings. The third-order valence-electron chi connectivity index (χ3n) is 6.81. The Hall–Kier alpha value is -2.03. The van der Waals surface area contributed by atoms with E-state index in [-0.39, 0.29) is 11.3 Å². The molecule has 1 aromatic carbocycles. The standard InChI is InChI=1S/C22H25NO2/c1-14-4-5-18(20-3-2-6-25-20)10-19(14)23-21(24)22-11-15-7-16(12-22)9-17(8-15)13-22/h2-6,10,15-17H,7-9,11-13H2,1H3,(H,23,24). The maximum atomic E-state index is 13.3. The second kappa shape index (κ2) is 5.48. The normalized spacial score (nSPS) is 32.8. The van der Waals surface area contributed by atoms with E-state index in [1.165, 1.54) is 19.3 Å². The lowest BCUT2D eigenvalue weighted by molar-refractivity contribution is -0.140. The molecule has 1 aromatic heterocycles. The lowest BCUT2D eigenvalue weighted by Crippen LogP contribution is -2.51. The Balaban J connectivity index is 1.42. The van der Waals surface area contributed by atoms with Crippen molar-refractivity contribution in [3.8, 4) is 11.3 Å². The number of carbonyl (C=O) groups excluding carboxylic acids is 1. The minimum absolute atomic E-state index is 0.109. The predicted octanol–water partition coefficient (Wildman–Crippen LogP) is 5.41. The molecule has 0 unspecified atom stereocenters. The molecular formula is C22H25NO2. The van der Waals surface area contributed by atoms with Crippen LogP contribution in [0.4, 0.5) is 5.69 Å². The van der Waals surface area contributed by atoms with Gasteiger partial charge in [0.15, 0.2) is 0 Å². The van der Waals surface area contributed by atoms with Crippen molar-refractivity contribution >= 4 is 11.6 Å². The summed E-state index contributed by atoms with van der Waals surface area (Å²) < 4.78 is 5.51. The van der Waals surface area contributed by atoms with Crippen molar-refractivity contribution in [3.05, 3.63) is 42.2 Å². The van der Waals surface area contributed by atoms with Gasteiger partial charge in [-0.3, -0.25) is 4.79 Å². The highest BCUT2D eigenvalue weighted by molar-refractivity contribution is 5.96. The topological polar surface area (TPSA) is 42.2 Å². The Kier molecular flexibility index (Phi) is 3.34. The van der Waals surface area contributed by atoms with E-state index in [9.17, 15) is 4.79 Å². The molecule has 0 radical (unpaired) electrons. The van der Waals surface area contributed by atoms with Gasteiger partial charge in [-0.1, -0.05) is 12.1 Å². The van der Waals surface area contributed by atoms with E-state index in [0.29, 0.717) is 0 Å². The quantitative estimate of drug-likeness (QED) is 0.815. The van der Waals surface area contributed by atoms with E-state index in [1.54, 1.807) is 6.26 Å². The fourth-order valence-corrected chi connectivity index (χ4v) is 6.00. The molecule has 130 valence electrons. The maximum absolute atomic E-state index is 13.3. The van der Waals surface area contributed by atoms with Crippen molar-refractivity contribution in [2.24, 2.45) is 23.2 Å². The summed E-state index contributed by atoms with van der Waals surface area (Å²) in [4.78, 5) is 13.3. The molecule has 25 heavy (non-hydrogen) atoms. The van der Waals surface area contributed by atoms with Crippen LogP contribution in [0, 0.1) is 30.1 Å². The van der Waals surface area contributed by atoms with Crippen LogP contribution in [0.5, 0.6) is 0 Å². The molecule has 4 bridgehead atoms. The van der Waals surface area contributed by atoms with Gasteiger partial charge in [-0.15, -0.1) is 0 Å². The number of anilines is 1. The van der Waals surface area contributed by atoms with Crippen LogP contribution >= 0.6 is 0 Å². The van der Waals surface area contributed by atoms with Crippen LogP contribution in [-0.4, -0.2) is 5.91 Å². The molecular weight excluding hydrogens is 310 g/mol. The largest absolute Gasteiger partial charge is 0.464 e. The van der Waals surface area contributed by atoms with E-state index < -0.39 is 0 Å². The van der Waals surface area contributed by atoms with E-state index in [0.717, 1.165) is 59.6 Å². The van der Waals surface area contributed by atoms with Gasteiger partial charge in [-0.25, -0.2) is 0 Å². The molecule has 1 heterocycles. The van der Waals surface area contributed by atoms with Gasteiger partial charge in [0.2, 0.25) is 5.91 Å². The molecule has 3 nitrogen and oxygen atoms in total. The highest BCUT2D eigenvalue weighted by atomic mass is 16.3. The molecule has 0 aliphatic heterocycles. The molecule has 0 atom stereocenters. The average Bonchev–Trinajstić information content (AvgIpc) is 3.10. The van der Waals surface area contributed by atoms with Crippen LogP contribution in [0.3, 0.4) is 0 Å². The van der Waals surface area contributed by atoms with Crippen LogP contribution in [0.25, 0.3) is 11.3 Å². The van der Waals surface area contributed by atoms with Gasteiger partial charge in [0.25, 0.3) is 0 Å². The number of hydrogen-bond donors (Lipinski definition) is 1. The van der Waals surface area contributed by atoms with Gasteiger partial charge in [-0.05, 0) is 87.0 Å². The van der Waals surface area contributed by atoms with Gasteiger partial charge in [-0.2, -0.15) is 0 Å². The minimum atomic E-state index is -0.109. The number of aryl methyl sites for hydroxylation is 1. The highest BCUT2D eigenvalue weighted by Gasteiger charge is 2.54. The first-order chi connectivity index (χ1) is 12.1. The maximum Gasteiger partial charge on any atom is 0.230 e. The molecule has 1 amide bonds. The summed E-state index contributed by atoms with van der Waals surface area (Å²) in [7, 11) is 0.